The zero-order chi connectivity index (χ0) is 13.4. The van der Waals surface area contributed by atoms with E-state index >= 15 is 0 Å². The smallest absolute Gasteiger partial charge is 0.0802 e. The molecule has 1 rings (SSSR count). The molecule has 0 aliphatic carbocycles. The van der Waals surface area contributed by atoms with Crippen molar-refractivity contribution in [2.75, 3.05) is 6.54 Å². The Morgan fingerprint density at radius 3 is 2.61 bits per heavy atom. The van der Waals surface area contributed by atoms with Crippen molar-refractivity contribution in [3.05, 3.63) is 35.4 Å². The zero-order valence-electron chi connectivity index (χ0n) is 11.3. The third-order valence-electron chi connectivity index (χ3n) is 3.12. The second-order valence-electron chi connectivity index (χ2n) is 4.50. The van der Waals surface area contributed by atoms with Crippen LogP contribution in [0.15, 0.2) is 24.3 Å². The highest BCUT2D eigenvalue weighted by atomic mass is 16.3. The Bertz CT molecular complexity index is 413. The van der Waals surface area contributed by atoms with Gasteiger partial charge in [0, 0.05) is 11.5 Å². The highest BCUT2D eigenvalue weighted by molar-refractivity contribution is 5.38. The summed E-state index contributed by atoms with van der Waals surface area (Å²) < 4.78 is 0. The highest BCUT2D eigenvalue weighted by Gasteiger charge is 2.06. The molecule has 18 heavy (non-hydrogen) atoms. The summed E-state index contributed by atoms with van der Waals surface area (Å²) >= 11 is 0. The van der Waals surface area contributed by atoms with Gasteiger partial charge in [0.05, 0.1) is 6.10 Å². The van der Waals surface area contributed by atoms with Crippen LogP contribution in [0, 0.1) is 17.8 Å². The first-order chi connectivity index (χ1) is 8.71. The van der Waals surface area contributed by atoms with Crippen molar-refractivity contribution in [1.29, 1.82) is 0 Å². The van der Waals surface area contributed by atoms with Crippen LogP contribution in [0.25, 0.3) is 0 Å². The molecule has 0 spiro atoms. The molecule has 0 amide bonds. The van der Waals surface area contributed by atoms with Crippen LogP contribution in [0.5, 0.6) is 0 Å². The fourth-order valence-electron chi connectivity index (χ4n) is 1.83. The van der Waals surface area contributed by atoms with E-state index in [2.05, 4.69) is 25.7 Å². The summed E-state index contributed by atoms with van der Waals surface area (Å²) in [6.07, 6.45) is 2.27. The molecule has 2 heteroatoms. The number of aliphatic hydroxyl groups excluding tert-OH is 1. The van der Waals surface area contributed by atoms with Gasteiger partial charge in [-0.1, -0.05) is 37.8 Å². The highest BCUT2D eigenvalue weighted by Crippen LogP contribution is 2.17. The minimum atomic E-state index is -0.482. The molecule has 3 N–H and O–H groups in total. The summed E-state index contributed by atoms with van der Waals surface area (Å²) in [7, 11) is 0. The molecule has 0 saturated carbocycles. The van der Waals surface area contributed by atoms with Crippen molar-refractivity contribution in [3.8, 4) is 11.8 Å². The minimum Gasteiger partial charge on any atom is -0.388 e. The van der Waals surface area contributed by atoms with Gasteiger partial charge < -0.3 is 10.8 Å². The Hall–Kier alpha value is -1.30. The molecule has 0 aliphatic heterocycles. The first-order valence-corrected chi connectivity index (χ1v) is 6.70. The molecule has 2 nitrogen and oxygen atoms in total. The van der Waals surface area contributed by atoms with Crippen LogP contribution in [0.3, 0.4) is 0 Å². The van der Waals surface area contributed by atoms with Crippen molar-refractivity contribution in [3.63, 3.8) is 0 Å². The second kappa shape index (κ2) is 7.92. The molecular formula is C16H23NO. The van der Waals surface area contributed by atoms with Crippen molar-refractivity contribution >= 4 is 0 Å². The molecule has 98 valence electrons. The average molecular weight is 245 g/mol. The normalized spacial score (nSPS) is 12.1. The predicted molar refractivity (Wildman–Crippen MR) is 76.0 cm³/mol. The molecule has 1 aromatic rings. The molecule has 0 fully saturated rings. The summed E-state index contributed by atoms with van der Waals surface area (Å²) in [6, 6.07) is 7.79. The van der Waals surface area contributed by atoms with Crippen LogP contribution in [-0.2, 0) is 0 Å². The number of nitrogens with two attached hydrogens (primary N) is 1. The molecule has 1 unspecified atom stereocenters. The molecule has 0 radical (unpaired) electrons. The number of hydrogen-bond acceptors (Lipinski definition) is 2. The van der Waals surface area contributed by atoms with E-state index in [0.29, 0.717) is 18.9 Å². The quantitative estimate of drug-likeness (QED) is 0.784. The summed E-state index contributed by atoms with van der Waals surface area (Å²) in [6.45, 7) is 4.80. The van der Waals surface area contributed by atoms with Gasteiger partial charge in [-0.05, 0) is 43.5 Å². The summed E-state index contributed by atoms with van der Waals surface area (Å²) in [5.41, 5.74) is 7.32. The lowest BCUT2D eigenvalue weighted by molar-refractivity contribution is 0.170. The van der Waals surface area contributed by atoms with Crippen LogP contribution in [0.4, 0.5) is 0 Å². The van der Waals surface area contributed by atoms with Gasteiger partial charge in [-0.3, -0.25) is 0 Å². The van der Waals surface area contributed by atoms with Gasteiger partial charge in [0.2, 0.25) is 0 Å². The number of rotatable bonds is 5. The third kappa shape index (κ3) is 4.52. The van der Waals surface area contributed by atoms with Crippen LogP contribution in [0.1, 0.15) is 50.3 Å². The number of aliphatic hydroxyl groups is 1. The lowest BCUT2D eigenvalue weighted by Gasteiger charge is -2.09. The van der Waals surface area contributed by atoms with E-state index in [9.17, 15) is 5.11 Å². The Balaban J connectivity index is 2.81. The first-order valence-electron chi connectivity index (χ1n) is 6.70. The molecule has 1 atom stereocenters. The summed E-state index contributed by atoms with van der Waals surface area (Å²) in [5.74, 6) is 6.93. The van der Waals surface area contributed by atoms with E-state index in [1.165, 1.54) is 0 Å². The van der Waals surface area contributed by atoms with E-state index in [4.69, 9.17) is 5.73 Å². The molecular weight excluding hydrogens is 222 g/mol. The van der Waals surface area contributed by atoms with Gasteiger partial charge in [-0.15, -0.1) is 0 Å². The fraction of sp³-hybridized carbons (Fsp3) is 0.500. The van der Waals surface area contributed by atoms with Crippen LogP contribution in [-0.4, -0.2) is 11.7 Å². The SMILES string of the molecule is CCC(C#Cc1cccc(C(O)CCN)c1)CC. The molecule has 0 aliphatic rings. The van der Waals surface area contributed by atoms with E-state index in [-0.39, 0.29) is 0 Å². The van der Waals surface area contributed by atoms with Gasteiger partial charge >= 0.3 is 0 Å². The van der Waals surface area contributed by atoms with Crippen molar-refractivity contribution in [2.24, 2.45) is 11.7 Å². The average Bonchev–Trinajstić information content (AvgIpc) is 2.40. The van der Waals surface area contributed by atoms with E-state index in [0.717, 1.165) is 24.0 Å². The van der Waals surface area contributed by atoms with Crippen LogP contribution in [0.2, 0.25) is 0 Å². The molecule has 1 aromatic carbocycles. The summed E-state index contributed by atoms with van der Waals surface area (Å²) in [4.78, 5) is 0. The Kier molecular flexibility index (Phi) is 6.49. The largest absolute Gasteiger partial charge is 0.388 e. The fourth-order valence-corrected chi connectivity index (χ4v) is 1.83. The van der Waals surface area contributed by atoms with Gasteiger partial charge in [0.1, 0.15) is 0 Å². The van der Waals surface area contributed by atoms with Crippen molar-refractivity contribution in [2.45, 2.75) is 39.2 Å². The van der Waals surface area contributed by atoms with Gasteiger partial charge in [-0.2, -0.15) is 0 Å². The third-order valence-corrected chi connectivity index (χ3v) is 3.12. The molecule has 0 bridgehead atoms. The number of hydrogen-bond donors (Lipinski definition) is 2. The topological polar surface area (TPSA) is 46.2 Å². The molecule has 0 aromatic heterocycles. The number of benzene rings is 1. The first kappa shape index (κ1) is 14.8. The van der Waals surface area contributed by atoms with E-state index in [1.807, 2.05) is 24.3 Å². The van der Waals surface area contributed by atoms with Crippen LogP contribution < -0.4 is 5.73 Å². The lowest BCUT2D eigenvalue weighted by atomic mass is 10.0. The van der Waals surface area contributed by atoms with Gasteiger partial charge in [-0.25, -0.2) is 0 Å². The Morgan fingerprint density at radius 2 is 2.00 bits per heavy atom. The van der Waals surface area contributed by atoms with E-state index in [1.54, 1.807) is 0 Å². The lowest BCUT2D eigenvalue weighted by Crippen LogP contribution is -2.06. The maximum Gasteiger partial charge on any atom is 0.0802 e. The maximum absolute atomic E-state index is 9.89. The maximum atomic E-state index is 9.89. The standard InChI is InChI=1S/C16H23NO/c1-3-13(4-2)8-9-14-6-5-7-15(12-14)16(18)10-11-17/h5-7,12-13,16,18H,3-4,10-11,17H2,1-2H3. The second-order valence-corrected chi connectivity index (χ2v) is 4.50. The molecule has 0 heterocycles. The predicted octanol–water partition coefficient (Wildman–Crippen LogP) is 2.86. The van der Waals surface area contributed by atoms with Gasteiger partial charge in [0.25, 0.3) is 0 Å². The molecule has 0 saturated heterocycles. The Morgan fingerprint density at radius 1 is 1.28 bits per heavy atom. The monoisotopic (exact) mass is 245 g/mol. The minimum absolute atomic E-state index is 0.461. The summed E-state index contributed by atoms with van der Waals surface area (Å²) in [5, 5.41) is 9.89. The van der Waals surface area contributed by atoms with E-state index < -0.39 is 6.10 Å². The van der Waals surface area contributed by atoms with Crippen molar-refractivity contribution < 1.29 is 5.11 Å². The zero-order valence-corrected chi connectivity index (χ0v) is 11.3. The Labute approximate surface area is 110 Å². The van der Waals surface area contributed by atoms with Crippen molar-refractivity contribution in [1.82, 2.24) is 0 Å². The van der Waals surface area contributed by atoms with Crippen LogP contribution >= 0.6 is 0 Å². The van der Waals surface area contributed by atoms with Gasteiger partial charge in [0.15, 0.2) is 0 Å².